The summed E-state index contributed by atoms with van der Waals surface area (Å²) in [5.74, 6) is -1.16. The fraction of sp³-hybridized carbons (Fsp3) is 0.833. The van der Waals surface area contributed by atoms with E-state index in [0.29, 0.717) is 13.0 Å². The molecule has 1 aliphatic rings. The zero-order valence-electron chi connectivity index (χ0n) is 10.9. The first-order valence-electron chi connectivity index (χ1n) is 5.85. The predicted molar refractivity (Wildman–Crippen MR) is 62.6 cm³/mol. The molecule has 1 atom stereocenters. The lowest BCUT2D eigenvalue weighted by atomic mass is 9.74. The van der Waals surface area contributed by atoms with Gasteiger partial charge in [0.2, 0.25) is 5.91 Å². The van der Waals surface area contributed by atoms with Crippen LogP contribution in [0.3, 0.4) is 0 Å². The van der Waals surface area contributed by atoms with Crippen molar-refractivity contribution in [2.75, 3.05) is 6.61 Å². The van der Waals surface area contributed by atoms with E-state index in [-0.39, 0.29) is 5.91 Å². The molecule has 0 unspecified atom stereocenters. The van der Waals surface area contributed by atoms with Crippen molar-refractivity contribution in [3.63, 3.8) is 0 Å². The molecule has 0 aromatic heterocycles. The first kappa shape index (κ1) is 14.0. The summed E-state index contributed by atoms with van der Waals surface area (Å²) in [6.45, 7) is 7.24. The third-order valence-electron chi connectivity index (χ3n) is 3.75. The average Bonchev–Trinajstić information content (AvgIpc) is 2.68. The smallest absolute Gasteiger partial charge is 0.311 e. The van der Waals surface area contributed by atoms with Gasteiger partial charge in [-0.15, -0.1) is 0 Å². The SMILES string of the molecule is CC(C)(NC(=O)[C@H]1CCCO1)C(C)(C)C(=O)O. The van der Waals surface area contributed by atoms with Crippen molar-refractivity contribution >= 4 is 11.9 Å². The van der Waals surface area contributed by atoms with Crippen LogP contribution in [0.15, 0.2) is 0 Å². The molecule has 1 heterocycles. The number of amides is 1. The summed E-state index contributed by atoms with van der Waals surface area (Å²) in [7, 11) is 0. The Labute approximate surface area is 102 Å². The summed E-state index contributed by atoms with van der Waals surface area (Å²) in [5.41, 5.74) is -1.87. The van der Waals surface area contributed by atoms with Crippen LogP contribution >= 0.6 is 0 Å². The summed E-state index contributed by atoms with van der Waals surface area (Å²) in [6, 6.07) is 0. The summed E-state index contributed by atoms with van der Waals surface area (Å²) in [6.07, 6.45) is 1.15. The average molecular weight is 243 g/mol. The van der Waals surface area contributed by atoms with Gasteiger partial charge < -0.3 is 15.2 Å². The van der Waals surface area contributed by atoms with Gasteiger partial charge in [-0.05, 0) is 40.5 Å². The van der Waals surface area contributed by atoms with Crippen molar-refractivity contribution in [2.24, 2.45) is 5.41 Å². The van der Waals surface area contributed by atoms with Gasteiger partial charge in [-0.2, -0.15) is 0 Å². The fourth-order valence-corrected chi connectivity index (χ4v) is 1.60. The molecule has 1 aliphatic heterocycles. The molecule has 98 valence electrons. The minimum Gasteiger partial charge on any atom is -0.481 e. The van der Waals surface area contributed by atoms with E-state index in [1.165, 1.54) is 0 Å². The zero-order valence-corrected chi connectivity index (χ0v) is 10.9. The number of aliphatic carboxylic acids is 1. The molecule has 1 fully saturated rings. The Bertz CT molecular complexity index is 316. The summed E-state index contributed by atoms with van der Waals surface area (Å²) in [5, 5.41) is 11.9. The van der Waals surface area contributed by atoms with Crippen molar-refractivity contribution in [3.05, 3.63) is 0 Å². The maximum absolute atomic E-state index is 11.9. The molecule has 0 saturated carbocycles. The first-order valence-corrected chi connectivity index (χ1v) is 5.85. The molecule has 1 amide bonds. The van der Waals surface area contributed by atoms with Gasteiger partial charge >= 0.3 is 5.97 Å². The second-order valence-corrected chi connectivity index (χ2v) is 5.55. The Hall–Kier alpha value is -1.10. The van der Waals surface area contributed by atoms with Crippen LogP contribution in [0.1, 0.15) is 40.5 Å². The third kappa shape index (κ3) is 2.77. The monoisotopic (exact) mass is 243 g/mol. The van der Waals surface area contributed by atoms with Crippen LogP contribution in [0.2, 0.25) is 0 Å². The Morgan fingerprint density at radius 3 is 2.29 bits per heavy atom. The fourth-order valence-electron chi connectivity index (χ4n) is 1.60. The Balaban J connectivity index is 2.71. The molecule has 0 bridgehead atoms. The number of rotatable bonds is 4. The predicted octanol–water partition coefficient (Wildman–Crippen LogP) is 1.17. The van der Waals surface area contributed by atoms with Crippen LogP contribution in [-0.4, -0.2) is 35.2 Å². The molecule has 5 nitrogen and oxygen atoms in total. The second kappa shape index (κ2) is 4.64. The quantitative estimate of drug-likeness (QED) is 0.777. The van der Waals surface area contributed by atoms with E-state index in [1.807, 2.05) is 0 Å². The zero-order chi connectivity index (χ0) is 13.3. The lowest BCUT2D eigenvalue weighted by molar-refractivity contribution is -0.152. The molecule has 1 saturated heterocycles. The number of hydrogen-bond acceptors (Lipinski definition) is 3. The van der Waals surface area contributed by atoms with Crippen LogP contribution in [0.25, 0.3) is 0 Å². The minimum atomic E-state index is -1.04. The summed E-state index contributed by atoms with van der Waals surface area (Å²) < 4.78 is 5.27. The van der Waals surface area contributed by atoms with E-state index in [4.69, 9.17) is 4.74 Å². The van der Waals surface area contributed by atoms with Gasteiger partial charge in [-0.3, -0.25) is 9.59 Å². The van der Waals surface area contributed by atoms with E-state index < -0.39 is 23.0 Å². The number of nitrogens with one attached hydrogen (secondary N) is 1. The maximum Gasteiger partial charge on any atom is 0.311 e. The van der Waals surface area contributed by atoms with Crippen LogP contribution < -0.4 is 5.32 Å². The molecule has 17 heavy (non-hydrogen) atoms. The van der Waals surface area contributed by atoms with Crippen molar-refractivity contribution in [2.45, 2.75) is 52.2 Å². The van der Waals surface area contributed by atoms with Gasteiger partial charge in [0.15, 0.2) is 0 Å². The van der Waals surface area contributed by atoms with E-state index in [1.54, 1.807) is 27.7 Å². The highest BCUT2D eigenvalue weighted by molar-refractivity contribution is 5.83. The highest BCUT2D eigenvalue weighted by atomic mass is 16.5. The normalized spacial score (nSPS) is 21.3. The molecule has 2 N–H and O–H groups in total. The standard InChI is InChI=1S/C12H21NO4/c1-11(2,10(15)16)12(3,4)13-9(14)8-6-5-7-17-8/h8H,5-7H2,1-4H3,(H,13,14)(H,15,16)/t8-/m1/s1. The number of carbonyl (C=O) groups excluding carboxylic acids is 1. The number of ether oxygens (including phenoxy) is 1. The Kier molecular flexibility index (Phi) is 3.81. The molecule has 0 radical (unpaired) electrons. The lowest BCUT2D eigenvalue weighted by Crippen LogP contribution is -2.58. The van der Waals surface area contributed by atoms with Crippen LogP contribution in [0, 0.1) is 5.41 Å². The third-order valence-corrected chi connectivity index (χ3v) is 3.75. The molecule has 0 aliphatic carbocycles. The second-order valence-electron chi connectivity index (χ2n) is 5.55. The van der Waals surface area contributed by atoms with E-state index in [0.717, 1.165) is 6.42 Å². The topological polar surface area (TPSA) is 75.6 Å². The molecule has 0 aromatic carbocycles. The largest absolute Gasteiger partial charge is 0.481 e. The molecular weight excluding hydrogens is 222 g/mol. The molecule has 0 aromatic rings. The molecular formula is C12H21NO4. The first-order chi connectivity index (χ1) is 7.68. The molecule has 5 heteroatoms. The van der Waals surface area contributed by atoms with Gasteiger partial charge in [-0.1, -0.05) is 0 Å². The lowest BCUT2D eigenvalue weighted by Gasteiger charge is -2.39. The summed E-state index contributed by atoms with van der Waals surface area (Å²) >= 11 is 0. The Morgan fingerprint density at radius 2 is 1.88 bits per heavy atom. The molecule has 0 spiro atoms. The summed E-state index contributed by atoms with van der Waals surface area (Å²) in [4.78, 5) is 23.1. The minimum absolute atomic E-state index is 0.221. The van der Waals surface area contributed by atoms with Gasteiger partial charge in [0.05, 0.1) is 11.0 Å². The maximum atomic E-state index is 11.9. The van der Waals surface area contributed by atoms with E-state index in [9.17, 15) is 14.7 Å². The highest BCUT2D eigenvalue weighted by Crippen LogP contribution is 2.31. The van der Waals surface area contributed by atoms with E-state index >= 15 is 0 Å². The van der Waals surface area contributed by atoms with Crippen LogP contribution in [-0.2, 0) is 14.3 Å². The number of carbonyl (C=O) groups is 2. The van der Waals surface area contributed by atoms with Gasteiger partial charge in [0, 0.05) is 6.61 Å². The van der Waals surface area contributed by atoms with Crippen LogP contribution in [0.5, 0.6) is 0 Å². The van der Waals surface area contributed by atoms with Crippen molar-refractivity contribution in [3.8, 4) is 0 Å². The van der Waals surface area contributed by atoms with Gasteiger partial charge in [0.1, 0.15) is 6.10 Å². The van der Waals surface area contributed by atoms with E-state index in [2.05, 4.69) is 5.32 Å². The number of hydrogen-bond donors (Lipinski definition) is 2. The Morgan fingerprint density at radius 1 is 1.29 bits per heavy atom. The van der Waals surface area contributed by atoms with Gasteiger partial charge in [0.25, 0.3) is 0 Å². The van der Waals surface area contributed by atoms with Crippen molar-refractivity contribution in [1.29, 1.82) is 0 Å². The van der Waals surface area contributed by atoms with Crippen LogP contribution in [0.4, 0.5) is 0 Å². The van der Waals surface area contributed by atoms with Crippen molar-refractivity contribution < 1.29 is 19.4 Å². The van der Waals surface area contributed by atoms with Crippen molar-refractivity contribution in [1.82, 2.24) is 5.32 Å². The number of carboxylic acid groups (broad SMARTS) is 1. The molecule has 1 rings (SSSR count). The number of carboxylic acids is 1. The highest BCUT2D eigenvalue weighted by Gasteiger charge is 2.45. The van der Waals surface area contributed by atoms with Gasteiger partial charge in [-0.25, -0.2) is 0 Å².